The summed E-state index contributed by atoms with van der Waals surface area (Å²) in [5, 5.41) is 0. The molecule has 1 aromatic carbocycles. The summed E-state index contributed by atoms with van der Waals surface area (Å²) in [7, 11) is 0. The van der Waals surface area contributed by atoms with Crippen LogP contribution in [0.4, 0.5) is 0 Å². The van der Waals surface area contributed by atoms with Crippen LogP contribution in [-0.4, -0.2) is 19.8 Å². The van der Waals surface area contributed by atoms with Gasteiger partial charge in [-0.1, -0.05) is 32.8 Å². The Hall–Kier alpha value is -1.22. The van der Waals surface area contributed by atoms with E-state index in [1.165, 1.54) is 36.8 Å². The monoisotopic (exact) mass is 289 g/mol. The first-order valence-electron chi connectivity index (χ1n) is 8.31. The lowest BCUT2D eigenvalue weighted by Gasteiger charge is -2.32. The van der Waals surface area contributed by atoms with Gasteiger partial charge in [-0.3, -0.25) is 0 Å². The normalized spacial score (nSPS) is 20.6. The second-order valence-corrected chi connectivity index (χ2v) is 6.75. The number of fused-ring (bicyclic) bond motifs is 1. The molecule has 0 atom stereocenters. The maximum atomic E-state index is 6.20. The average molecular weight is 289 g/mol. The largest absolute Gasteiger partial charge is 0.490 e. The molecule has 21 heavy (non-hydrogen) atoms. The average Bonchev–Trinajstić information content (AvgIpc) is 2.85. The van der Waals surface area contributed by atoms with Crippen molar-refractivity contribution in [1.29, 1.82) is 0 Å². The van der Waals surface area contributed by atoms with Gasteiger partial charge in [0.25, 0.3) is 0 Å². The van der Waals surface area contributed by atoms with Gasteiger partial charge in [-0.15, -0.1) is 0 Å². The first kappa shape index (κ1) is 14.7. The molecule has 2 N–H and O–H groups in total. The first-order chi connectivity index (χ1) is 10.2. The number of hydrogen-bond donors (Lipinski definition) is 1. The fourth-order valence-electron chi connectivity index (χ4n) is 3.93. The predicted octanol–water partition coefficient (Wildman–Crippen LogP) is 3.74. The van der Waals surface area contributed by atoms with Gasteiger partial charge >= 0.3 is 0 Å². The molecule has 0 radical (unpaired) electrons. The molecule has 3 nitrogen and oxygen atoms in total. The lowest BCUT2D eigenvalue weighted by atomic mass is 9.74. The zero-order valence-corrected chi connectivity index (χ0v) is 13.3. The van der Waals surface area contributed by atoms with E-state index < -0.39 is 0 Å². The molecular formula is C18H27NO2. The zero-order valence-electron chi connectivity index (χ0n) is 13.3. The number of nitrogens with two attached hydrogens (primary N) is 1. The van der Waals surface area contributed by atoms with Crippen molar-refractivity contribution in [3.8, 4) is 11.5 Å². The molecule has 116 valence electrons. The van der Waals surface area contributed by atoms with Crippen molar-refractivity contribution < 1.29 is 9.47 Å². The van der Waals surface area contributed by atoms with Crippen molar-refractivity contribution in [2.75, 3.05) is 19.8 Å². The third kappa shape index (κ3) is 2.52. The van der Waals surface area contributed by atoms with E-state index in [9.17, 15) is 0 Å². The van der Waals surface area contributed by atoms with Gasteiger partial charge in [-0.05, 0) is 30.4 Å². The second-order valence-electron chi connectivity index (χ2n) is 6.75. The summed E-state index contributed by atoms with van der Waals surface area (Å²) >= 11 is 0. The fourth-order valence-corrected chi connectivity index (χ4v) is 3.93. The van der Waals surface area contributed by atoms with Gasteiger partial charge in [0.05, 0.1) is 13.2 Å². The van der Waals surface area contributed by atoms with E-state index in [1.54, 1.807) is 0 Å². The lowest BCUT2D eigenvalue weighted by Crippen LogP contribution is -2.33. The molecule has 2 aliphatic rings. The Morgan fingerprint density at radius 1 is 1.10 bits per heavy atom. The van der Waals surface area contributed by atoms with E-state index in [0.29, 0.717) is 5.92 Å². The van der Waals surface area contributed by atoms with Crippen molar-refractivity contribution in [2.45, 2.75) is 57.3 Å². The zero-order chi connectivity index (χ0) is 14.9. The van der Waals surface area contributed by atoms with Gasteiger partial charge < -0.3 is 15.2 Å². The van der Waals surface area contributed by atoms with E-state index in [2.05, 4.69) is 26.0 Å². The molecule has 1 saturated carbocycles. The van der Waals surface area contributed by atoms with Crippen LogP contribution in [0.1, 0.15) is 63.0 Å². The fraction of sp³-hybridized carbons (Fsp3) is 0.667. The molecule has 0 amide bonds. The van der Waals surface area contributed by atoms with Crippen LogP contribution >= 0.6 is 0 Å². The maximum absolute atomic E-state index is 6.20. The van der Waals surface area contributed by atoms with Crippen LogP contribution in [0.25, 0.3) is 0 Å². The van der Waals surface area contributed by atoms with Crippen LogP contribution in [0.15, 0.2) is 12.1 Å². The highest BCUT2D eigenvalue weighted by Crippen LogP contribution is 2.48. The summed E-state index contributed by atoms with van der Waals surface area (Å²) in [5.74, 6) is 2.30. The summed E-state index contributed by atoms with van der Waals surface area (Å²) in [4.78, 5) is 0. The van der Waals surface area contributed by atoms with Gasteiger partial charge in [0.1, 0.15) is 0 Å². The van der Waals surface area contributed by atoms with Crippen LogP contribution in [0.5, 0.6) is 11.5 Å². The molecular weight excluding hydrogens is 262 g/mol. The molecule has 0 bridgehead atoms. The highest BCUT2D eigenvalue weighted by molar-refractivity contribution is 5.55. The molecule has 0 aromatic heterocycles. The minimum absolute atomic E-state index is 0.143. The second kappa shape index (κ2) is 5.88. The number of benzene rings is 1. The van der Waals surface area contributed by atoms with E-state index in [4.69, 9.17) is 15.2 Å². The minimum Gasteiger partial charge on any atom is -0.490 e. The van der Waals surface area contributed by atoms with Crippen molar-refractivity contribution in [3.05, 3.63) is 23.3 Å². The van der Waals surface area contributed by atoms with E-state index >= 15 is 0 Å². The molecule has 3 rings (SSSR count). The molecule has 1 heterocycles. The lowest BCUT2D eigenvalue weighted by molar-refractivity contribution is 0.295. The Labute approximate surface area is 127 Å². The molecule has 3 heteroatoms. The number of hydrogen-bond acceptors (Lipinski definition) is 3. The molecule has 1 fully saturated rings. The summed E-state index contributed by atoms with van der Waals surface area (Å²) in [6.45, 7) is 6.70. The van der Waals surface area contributed by atoms with E-state index in [0.717, 1.165) is 37.7 Å². The summed E-state index contributed by atoms with van der Waals surface area (Å²) in [6, 6.07) is 4.35. The van der Waals surface area contributed by atoms with Crippen molar-refractivity contribution in [2.24, 2.45) is 5.73 Å². The Kier molecular flexibility index (Phi) is 4.12. The topological polar surface area (TPSA) is 44.5 Å². The Morgan fingerprint density at radius 2 is 1.81 bits per heavy atom. The summed E-state index contributed by atoms with van der Waals surface area (Å²) in [6.07, 6.45) is 5.90. The van der Waals surface area contributed by atoms with Gasteiger partial charge in [-0.2, -0.15) is 0 Å². The molecule has 1 aliphatic heterocycles. The summed E-state index contributed by atoms with van der Waals surface area (Å²) in [5.41, 5.74) is 9.07. The Bertz CT molecular complexity index is 504. The van der Waals surface area contributed by atoms with Crippen LogP contribution in [-0.2, 0) is 5.41 Å². The number of rotatable bonds is 3. The third-order valence-corrected chi connectivity index (χ3v) is 5.05. The van der Waals surface area contributed by atoms with Gasteiger partial charge in [0.2, 0.25) is 0 Å². The van der Waals surface area contributed by atoms with Crippen molar-refractivity contribution in [1.82, 2.24) is 0 Å². The van der Waals surface area contributed by atoms with Gasteiger partial charge in [0, 0.05) is 23.9 Å². The van der Waals surface area contributed by atoms with Crippen LogP contribution < -0.4 is 15.2 Å². The molecule has 1 aromatic rings. The van der Waals surface area contributed by atoms with Crippen LogP contribution in [0, 0.1) is 0 Å². The molecule has 1 aliphatic carbocycles. The van der Waals surface area contributed by atoms with E-state index in [1.807, 2.05) is 0 Å². The summed E-state index contributed by atoms with van der Waals surface area (Å²) < 4.78 is 11.9. The van der Waals surface area contributed by atoms with Crippen LogP contribution in [0.2, 0.25) is 0 Å². The Balaban J connectivity index is 2.14. The predicted molar refractivity (Wildman–Crippen MR) is 85.3 cm³/mol. The van der Waals surface area contributed by atoms with Crippen LogP contribution in [0.3, 0.4) is 0 Å². The molecule has 0 saturated heterocycles. The van der Waals surface area contributed by atoms with Gasteiger partial charge in [-0.25, -0.2) is 0 Å². The molecule has 0 spiro atoms. The number of ether oxygens (including phenoxy) is 2. The first-order valence-corrected chi connectivity index (χ1v) is 8.31. The van der Waals surface area contributed by atoms with Crippen molar-refractivity contribution >= 4 is 0 Å². The SMILES string of the molecule is CC(C)c1c(C2(CN)CCCC2)ccc2c1OCCCO2. The molecule has 0 unspecified atom stereocenters. The highest BCUT2D eigenvalue weighted by Gasteiger charge is 2.38. The standard InChI is InChI=1S/C18H27NO2/c1-13(2)16-14(18(12-19)8-3-4-9-18)6-7-15-17(16)21-11-5-10-20-15/h6-7,13H,3-5,8-12,19H2,1-2H3. The highest BCUT2D eigenvalue weighted by atomic mass is 16.5. The van der Waals surface area contributed by atoms with E-state index in [-0.39, 0.29) is 5.41 Å². The quantitative estimate of drug-likeness (QED) is 0.922. The minimum atomic E-state index is 0.143. The smallest absolute Gasteiger partial charge is 0.164 e. The Morgan fingerprint density at radius 3 is 2.48 bits per heavy atom. The maximum Gasteiger partial charge on any atom is 0.164 e. The van der Waals surface area contributed by atoms with Gasteiger partial charge in [0.15, 0.2) is 11.5 Å². The third-order valence-electron chi connectivity index (χ3n) is 5.05. The van der Waals surface area contributed by atoms with Crippen molar-refractivity contribution in [3.63, 3.8) is 0 Å².